The zero-order valence-electron chi connectivity index (χ0n) is 11.9. The molecule has 0 aromatic carbocycles. The third-order valence-corrected chi connectivity index (χ3v) is 4.11. The fourth-order valence-electron chi connectivity index (χ4n) is 2.36. The van der Waals surface area contributed by atoms with Crippen LogP contribution < -0.4 is 5.32 Å². The van der Waals surface area contributed by atoms with Crippen molar-refractivity contribution in [2.45, 2.75) is 39.4 Å². The van der Waals surface area contributed by atoms with Gasteiger partial charge in [-0.15, -0.1) is 0 Å². The van der Waals surface area contributed by atoms with Crippen LogP contribution in [-0.4, -0.2) is 30.9 Å². The number of furan rings is 1. The summed E-state index contributed by atoms with van der Waals surface area (Å²) in [6, 6.07) is 3.70. The van der Waals surface area contributed by atoms with Crippen molar-refractivity contribution in [2.24, 2.45) is 11.3 Å². The molecule has 0 aliphatic heterocycles. The van der Waals surface area contributed by atoms with Gasteiger partial charge in [-0.05, 0) is 36.3 Å². The molecule has 0 radical (unpaired) electrons. The van der Waals surface area contributed by atoms with E-state index >= 15 is 0 Å². The SMILES string of the molecule is CC(C)C1(CNCC(O)COCc2ccco2)CC1. The highest BCUT2D eigenvalue weighted by Gasteiger charge is 2.44. The molecule has 4 heteroatoms. The van der Waals surface area contributed by atoms with Crippen LogP contribution in [0.1, 0.15) is 32.4 Å². The summed E-state index contributed by atoms with van der Waals surface area (Å²) in [5.74, 6) is 1.50. The molecule has 0 spiro atoms. The first-order chi connectivity index (χ1) is 9.12. The Labute approximate surface area is 115 Å². The highest BCUT2D eigenvalue weighted by molar-refractivity contribution is 4.97. The largest absolute Gasteiger partial charge is 0.467 e. The molecule has 4 nitrogen and oxygen atoms in total. The van der Waals surface area contributed by atoms with Crippen molar-refractivity contribution in [1.29, 1.82) is 0 Å². The van der Waals surface area contributed by atoms with Gasteiger partial charge < -0.3 is 19.6 Å². The minimum absolute atomic E-state index is 0.336. The number of hydrogen-bond acceptors (Lipinski definition) is 4. The second-order valence-corrected chi connectivity index (χ2v) is 5.90. The molecule has 1 saturated carbocycles. The van der Waals surface area contributed by atoms with Gasteiger partial charge >= 0.3 is 0 Å². The van der Waals surface area contributed by atoms with Crippen LogP contribution in [0, 0.1) is 11.3 Å². The lowest BCUT2D eigenvalue weighted by Crippen LogP contribution is -2.35. The highest BCUT2D eigenvalue weighted by Crippen LogP contribution is 2.51. The zero-order valence-corrected chi connectivity index (χ0v) is 11.9. The Morgan fingerprint density at radius 1 is 1.47 bits per heavy atom. The summed E-state index contributed by atoms with van der Waals surface area (Å²) in [7, 11) is 0. The van der Waals surface area contributed by atoms with Crippen molar-refractivity contribution in [1.82, 2.24) is 5.32 Å². The predicted molar refractivity (Wildman–Crippen MR) is 73.7 cm³/mol. The number of hydrogen-bond donors (Lipinski definition) is 2. The maximum atomic E-state index is 9.82. The summed E-state index contributed by atoms with van der Waals surface area (Å²) >= 11 is 0. The predicted octanol–water partition coefficient (Wildman–Crippen LogP) is 2.18. The third kappa shape index (κ3) is 4.34. The Kier molecular flexibility index (Phi) is 5.02. The summed E-state index contributed by atoms with van der Waals surface area (Å²) in [5, 5.41) is 13.2. The van der Waals surface area contributed by atoms with Gasteiger partial charge in [0.1, 0.15) is 12.4 Å². The maximum Gasteiger partial charge on any atom is 0.129 e. The Morgan fingerprint density at radius 2 is 2.26 bits per heavy atom. The van der Waals surface area contributed by atoms with E-state index in [1.807, 2.05) is 12.1 Å². The van der Waals surface area contributed by atoms with Gasteiger partial charge in [-0.2, -0.15) is 0 Å². The van der Waals surface area contributed by atoms with Crippen LogP contribution in [0.15, 0.2) is 22.8 Å². The minimum Gasteiger partial charge on any atom is -0.467 e. The molecule has 1 heterocycles. The van der Waals surface area contributed by atoms with Gasteiger partial charge in [0.05, 0.1) is 19.0 Å². The first-order valence-corrected chi connectivity index (χ1v) is 7.11. The van der Waals surface area contributed by atoms with Gasteiger partial charge in [0.25, 0.3) is 0 Å². The topological polar surface area (TPSA) is 54.6 Å². The van der Waals surface area contributed by atoms with Gasteiger partial charge in [-0.25, -0.2) is 0 Å². The van der Waals surface area contributed by atoms with Gasteiger partial charge in [-0.1, -0.05) is 13.8 Å². The van der Waals surface area contributed by atoms with E-state index in [9.17, 15) is 5.11 Å². The molecule has 108 valence electrons. The average molecular weight is 267 g/mol. The summed E-state index contributed by atoms with van der Waals surface area (Å²) in [4.78, 5) is 0. The molecular formula is C15H25NO3. The van der Waals surface area contributed by atoms with Crippen molar-refractivity contribution in [3.63, 3.8) is 0 Å². The Balaban J connectivity index is 1.54. The van der Waals surface area contributed by atoms with Crippen molar-refractivity contribution in [3.05, 3.63) is 24.2 Å². The molecule has 2 rings (SSSR count). The van der Waals surface area contributed by atoms with Crippen LogP contribution in [0.5, 0.6) is 0 Å². The van der Waals surface area contributed by atoms with Crippen molar-refractivity contribution < 1.29 is 14.3 Å². The average Bonchev–Trinajstić information content (AvgIpc) is 2.98. The van der Waals surface area contributed by atoms with Gasteiger partial charge in [-0.3, -0.25) is 0 Å². The molecule has 0 saturated heterocycles. The van der Waals surface area contributed by atoms with E-state index in [4.69, 9.17) is 9.15 Å². The highest BCUT2D eigenvalue weighted by atomic mass is 16.5. The van der Waals surface area contributed by atoms with E-state index in [1.165, 1.54) is 12.8 Å². The number of nitrogens with one attached hydrogen (secondary N) is 1. The molecule has 1 atom stereocenters. The van der Waals surface area contributed by atoms with E-state index in [-0.39, 0.29) is 0 Å². The Morgan fingerprint density at radius 3 is 2.84 bits per heavy atom. The molecule has 1 aromatic heterocycles. The van der Waals surface area contributed by atoms with Crippen LogP contribution in [0.25, 0.3) is 0 Å². The number of rotatable bonds is 9. The summed E-state index contributed by atoms with van der Waals surface area (Å²) in [5.41, 5.74) is 0.481. The van der Waals surface area contributed by atoms with Crippen LogP contribution in [-0.2, 0) is 11.3 Å². The van der Waals surface area contributed by atoms with Crippen molar-refractivity contribution in [2.75, 3.05) is 19.7 Å². The second-order valence-electron chi connectivity index (χ2n) is 5.90. The van der Waals surface area contributed by atoms with Crippen molar-refractivity contribution in [3.8, 4) is 0 Å². The molecule has 1 aliphatic rings. The maximum absolute atomic E-state index is 9.82. The van der Waals surface area contributed by atoms with Crippen LogP contribution in [0.3, 0.4) is 0 Å². The van der Waals surface area contributed by atoms with Gasteiger partial charge in [0.2, 0.25) is 0 Å². The van der Waals surface area contributed by atoms with E-state index in [2.05, 4.69) is 19.2 Å². The monoisotopic (exact) mass is 267 g/mol. The Hall–Kier alpha value is -0.840. The molecule has 1 unspecified atom stereocenters. The van der Waals surface area contributed by atoms with E-state index in [1.54, 1.807) is 6.26 Å². The van der Waals surface area contributed by atoms with Gasteiger partial charge in [0.15, 0.2) is 0 Å². The van der Waals surface area contributed by atoms with Crippen LogP contribution in [0.4, 0.5) is 0 Å². The fourth-order valence-corrected chi connectivity index (χ4v) is 2.36. The summed E-state index contributed by atoms with van der Waals surface area (Å²) in [6.45, 7) is 6.89. The first-order valence-electron chi connectivity index (χ1n) is 7.11. The molecule has 19 heavy (non-hydrogen) atoms. The fraction of sp³-hybridized carbons (Fsp3) is 0.733. The zero-order chi connectivity index (χ0) is 13.7. The number of ether oxygens (including phenoxy) is 1. The molecule has 1 fully saturated rings. The van der Waals surface area contributed by atoms with E-state index < -0.39 is 6.10 Å². The molecule has 1 aliphatic carbocycles. The van der Waals surface area contributed by atoms with E-state index in [0.717, 1.165) is 12.3 Å². The third-order valence-electron chi connectivity index (χ3n) is 4.11. The number of aliphatic hydroxyl groups is 1. The van der Waals surface area contributed by atoms with Crippen molar-refractivity contribution >= 4 is 0 Å². The van der Waals surface area contributed by atoms with Crippen LogP contribution in [0.2, 0.25) is 0 Å². The van der Waals surface area contributed by atoms with Gasteiger partial charge in [0, 0.05) is 13.1 Å². The normalized spacial score (nSPS) is 18.7. The molecule has 0 amide bonds. The van der Waals surface area contributed by atoms with Crippen LogP contribution >= 0.6 is 0 Å². The second kappa shape index (κ2) is 6.55. The lowest BCUT2D eigenvalue weighted by atomic mass is 9.92. The number of aliphatic hydroxyl groups excluding tert-OH is 1. The smallest absolute Gasteiger partial charge is 0.129 e. The Bertz CT molecular complexity index is 357. The lowest BCUT2D eigenvalue weighted by molar-refractivity contribution is 0.0220. The summed E-state index contributed by atoms with van der Waals surface area (Å²) < 4.78 is 10.6. The molecule has 0 bridgehead atoms. The molecule has 2 N–H and O–H groups in total. The lowest BCUT2D eigenvalue weighted by Gasteiger charge is -2.21. The quantitative estimate of drug-likeness (QED) is 0.720. The standard InChI is InChI=1S/C15H25NO3/c1-12(2)15(5-6-15)11-16-8-13(17)9-18-10-14-4-3-7-19-14/h3-4,7,12-13,16-17H,5-6,8-11H2,1-2H3. The van der Waals surface area contributed by atoms with E-state index in [0.29, 0.717) is 31.1 Å². The first kappa shape index (κ1) is 14.6. The molecular weight excluding hydrogens is 242 g/mol. The summed E-state index contributed by atoms with van der Waals surface area (Å²) in [6.07, 6.45) is 3.78. The minimum atomic E-state index is -0.460. The molecule has 1 aromatic rings.